The van der Waals surface area contributed by atoms with Crippen LogP contribution in [0.25, 0.3) is 10.9 Å². The van der Waals surface area contributed by atoms with E-state index < -0.39 is 0 Å². The van der Waals surface area contributed by atoms with Crippen LogP contribution >= 0.6 is 12.2 Å². The predicted octanol–water partition coefficient (Wildman–Crippen LogP) is 5.08. The Morgan fingerprint density at radius 3 is 2.62 bits per heavy atom. The SMILES string of the molecule is COc1ccc2cc(CN(C(=S)Nc3ccccc3OC)C3CCCCC3)c(=O)[nH]c2c1. The summed E-state index contributed by atoms with van der Waals surface area (Å²) >= 11 is 5.85. The second kappa shape index (κ2) is 10.0. The molecule has 0 saturated heterocycles. The first kappa shape index (κ1) is 22.1. The number of fused-ring (bicyclic) bond motifs is 1. The first-order valence-electron chi connectivity index (χ1n) is 11.0. The van der Waals surface area contributed by atoms with Gasteiger partial charge in [-0.2, -0.15) is 0 Å². The first-order chi connectivity index (χ1) is 15.6. The number of methoxy groups -OCH3 is 2. The molecule has 3 aromatic rings. The fourth-order valence-electron chi connectivity index (χ4n) is 4.35. The van der Waals surface area contributed by atoms with E-state index in [1.807, 2.05) is 48.5 Å². The quantitative estimate of drug-likeness (QED) is 0.510. The second-order valence-corrected chi connectivity index (χ2v) is 8.51. The highest BCUT2D eigenvalue weighted by molar-refractivity contribution is 7.80. The number of nitrogens with one attached hydrogen (secondary N) is 2. The molecule has 2 aromatic carbocycles. The molecule has 0 bridgehead atoms. The number of aromatic nitrogens is 1. The van der Waals surface area contributed by atoms with Crippen molar-refractivity contribution >= 4 is 33.9 Å². The van der Waals surface area contributed by atoms with Crippen molar-refractivity contribution in [1.29, 1.82) is 0 Å². The highest BCUT2D eigenvalue weighted by Gasteiger charge is 2.25. The van der Waals surface area contributed by atoms with Crippen molar-refractivity contribution in [2.24, 2.45) is 0 Å². The number of hydrogen-bond donors (Lipinski definition) is 2. The van der Waals surface area contributed by atoms with E-state index in [2.05, 4.69) is 15.2 Å². The molecule has 0 radical (unpaired) electrons. The number of pyridine rings is 1. The molecule has 1 heterocycles. The molecule has 1 aliphatic carbocycles. The molecule has 0 amide bonds. The number of H-pyrrole nitrogens is 1. The molecule has 0 spiro atoms. The number of hydrogen-bond acceptors (Lipinski definition) is 4. The average Bonchev–Trinajstić information content (AvgIpc) is 2.83. The molecule has 1 aromatic heterocycles. The first-order valence-corrected chi connectivity index (χ1v) is 11.4. The predicted molar refractivity (Wildman–Crippen MR) is 133 cm³/mol. The molecule has 0 atom stereocenters. The number of benzene rings is 2. The van der Waals surface area contributed by atoms with E-state index in [0.717, 1.165) is 35.2 Å². The van der Waals surface area contributed by atoms with E-state index in [9.17, 15) is 4.79 Å². The van der Waals surface area contributed by atoms with Crippen molar-refractivity contribution < 1.29 is 9.47 Å². The summed E-state index contributed by atoms with van der Waals surface area (Å²) < 4.78 is 10.7. The maximum atomic E-state index is 12.9. The number of aromatic amines is 1. The lowest BCUT2D eigenvalue weighted by Gasteiger charge is -2.36. The van der Waals surface area contributed by atoms with Gasteiger partial charge in [-0.3, -0.25) is 4.79 Å². The zero-order valence-corrected chi connectivity index (χ0v) is 19.3. The zero-order chi connectivity index (χ0) is 22.5. The van der Waals surface area contributed by atoms with Crippen LogP contribution in [0.1, 0.15) is 37.7 Å². The fourth-order valence-corrected chi connectivity index (χ4v) is 4.67. The van der Waals surface area contributed by atoms with Crippen LogP contribution in [0.5, 0.6) is 11.5 Å². The van der Waals surface area contributed by atoms with Gasteiger partial charge in [0.2, 0.25) is 0 Å². The summed E-state index contributed by atoms with van der Waals surface area (Å²) in [4.78, 5) is 18.1. The Balaban J connectivity index is 1.64. The van der Waals surface area contributed by atoms with Gasteiger partial charge in [0, 0.05) is 17.7 Å². The van der Waals surface area contributed by atoms with Crippen LogP contribution in [0.3, 0.4) is 0 Å². The van der Waals surface area contributed by atoms with Gasteiger partial charge in [-0.15, -0.1) is 0 Å². The number of anilines is 1. The van der Waals surface area contributed by atoms with E-state index in [-0.39, 0.29) is 5.56 Å². The fraction of sp³-hybridized carbons (Fsp3) is 0.360. The van der Waals surface area contributed by atoms with Crippen LogP contribution < -0.4 is 20.3 Å². The van der Waals surface area contributed by atoms with Crippen molar-refractivity contribution in [3.63, 3.8) is 0 Å². The third-order valence-electron chi connectivity index (χ3n) is 6.10. The Bertz CT molecular complexity index is 1150. The Hall–Kier alpha value is -3.06. The molecule has 1 aliphatic rings. The van der Waals surface area contributed by atoms with Crippen molar-refractivity contribution in [3.8, 4) is 11.5 Å². The Morgan fingerprint density at radius 2 is 1.88 bits per heavy atom. The van der Waals surface area contributed by atoms with Gasteiger partial charge in [0.25, 0.3) is 5.56 Å². The van der Waals surface area contributed by atoms with E-state index in [1.54, 1.807) is 14.2 Å². The van der Waals surface area contributed by atoms with Gasteiger partial charge in [0.1, 0.15) is 11.5 Å². The minimum atomic E-state index is -0.105. The minimum absolute atomic E-state index is 0.105. The molecular formula is C25H29N3O3S. The van der Waals surface area contributed by atoms with Crippen LogP contribution in [0.2, 0.25) is 0 Å². The molecule has 1 fully saturated rings. The van der Waals surface area contributed by atoms with Crippen molar-refractivity contribution in [2.75, 3.05) is 19.5 Å². The van der Waals surface area contributed by atoms with Gasteiger partial charge in [-0.25, -0.2) is 0 Å². The van der Waals surface area contributed by atoms with Gasteiger partial charge in [-0.05, 0) is 60.8 Å². The van der Waals surface area contributed by atoms with Crippen LogP contribution in [0, 0.1) is 0 Å². The lowest BCUT2D eigenvalue weighted by atomic mass is 9.94. The van der Waals surface area contributed by atoms with Gasteiger partial charge in [-0.1, -0.05) is 31.4 Å². The third-order valence-corrected chi connectivity index (χ3v) is 6.43. The summed E-state index contributed by atoms with van der Waals surface area (Å²) in [5.41, 5.74) is 2.17. The van der Waals surface area contributed by atoms with Gasteiger partial charge in [0.15, 0.2) is 5.11 Å². The molecule has 7 heteroatoms. The van der Waals surface area contributed by atoms with Gasteiger partial charge >= 0.3 is 0 Å². The van der Waals surface area contributed by atoms with Gasteiger partial charge in [0.05, 0.1) is 32.0 Å². The smallest absolute Gasteiger partial charge is 0.253 e. The Labute approximate surface area is 193 Å². The van der Waals surface area contributed by atoms with Crippen molar-refractivity contribution in [3.05, 3.63) is 64.4 Å². The standard InChI is InChI=1S/C25H29N3O3S/c1-30-20-13-12-17-14-18(24(29)26-22(17)15-20)16-28(19-8-4-3-5-9-19)25(32)27-21-10-6-7-11-23(21)31-2/h6-7,10-15,19H,3-5,8-9,16H2,1-2H3,(H,26,29)(H,27,32). The number of thiocarbonyl (C=S) groups is 1. The summed E-state index contributed by atoms with van der Waals surface area (Å²) in [6, 6.07) is 15.7. The largest absolute Gasteiger partial charge is 0.497 e. The van der Waals surface area contributed by atoms with E-state index >= 15 is 0 Å². The molecule has 0 aliphatic heterocycles. The number of nitrogens with zero attached hydrogens (tertiary/aromatic N) is 1. The molecule has 32 heavy (non-hydrogen) atoms. The normalized spacial score (nSPS) is 14.2. The maximum Gasteiger partial charge on any atom is 0.253 e. The molecular weight excluding hydrogens is 422 g/mol. The Kier molecular flexibility index (Phi) is 6.95. The molecule has 4 rings (SSSR count). The summed E-state index contributed by atoms with van der Waals surface area (Å²) in [6.45, 7) is 0.447. The van der Waals surface area contributed by atoms with E-state index in [0.29, 0.717) is 29.0 Å². The summed E-state index contributed by atoms with van der Waals surface area (Å²) in [6.07, 6.45) is 5.72. The monoisotopic (exact) mass is 451 g/mol. The van der Waals surface area contributed by atoms with Crippen molar-refractivity contribution in [1.82, 2.24) is 9.88 Å². The molecule has 6 nitrogen and oxygen atoms in total. The van der Waals surface area contributed by atoms with Crippen LogP contribution in [-0.2, 0) is 6.54 Å². The summed E-state index contributed by atoms with van der Waals surface area (Å²) in [5, 5.41) is 4.93. The van der Waals surface area contributed by atoms with E-state index in [4.69, 9.17) is 21.7 Å². The summed E-state index contributed by atoms with van der Waals surface area (Å²) in [7, 11) is 3.26. The number of rotatable bonds is 6. The topological polar surface area (TPSA) is 66.6 Å². The van der Waals surface area contributed by atoms with Crippen LogP contribution in [0.15, 0.2) is 53.3 Å². The second-order valence-electron chi connectivity index (χ2n) is 8.13. The highest BCUT2D eigenvalue weighted by Crippen LogP contribution is 2.28. The molecule has 0 unspecified atom stereocenters. The van der Waals surface area contributed by atoms with E-state index in [1.165, 1.54) is 19.3 Å². The maximum absolute atomic E-state index is 12.9. The van der Waals surface area contributed by atoms with Gasteiger partial charge < -0.3 is 24.7 Å². The Morgan fingerprint density at radius 1 is 1.09 bits per heavy atom. The number of para-hydroxylation sites is 2. The lowest BCUT2D eigenvalue weighted by Crippen LogP contribution is -2.44. The molecule has 2 N–H and O–H groups in total. The highest BCUT2D eigenvalue weighted by atomic mass is 32.1. The summed E-state index contributed by atoms with van der Waals surface area (Å²) in [5.74, 6) is 1.45. The average molecular weight is 452 g/mol. The third kappa shape index (κ3) is 4.88. The van der Waals surface area contributed by atoms with Crippen LogP contribution in [-0.4, -0.2) is 35.3 Å². The number of ether oxygens (including phenoxy) is 2. The minimum Gasteiger partial charge on any atom is -0.497 e. The van der Waals surface area contributed by atoms with Crippen LogP contribution in [0.4, 0.5) is 5.69 Å². The molecule has 168 valence electrons. The lowest BCUT2D eigenvalue weighted by molar-refractivity contribution is 0.240. The zero-order valence-electron chi connectivity index (χ0n) is 18.5. The molecule has 1 saturated carbocycles. The van der Waals surface area contributed by atoms with Crippen molar-refractivity contribution in [2.45, 2.75) is 44.7 Å².